The number of hydrogen-bond acceptors (Lipinski definition) is 4. The SMILES string of the molecule is C/C=C(/CN(c1ccccc1)S(=O)(=O)c1ccc(C)cc1)C(=O)OCC. The summed E-state index contributed by atoms with van der Waals surface area (Å²) < 4.78 is 32.7. The van der Waals surface area contributed by atoms with E-state index in [2.05, 4.69) is 0 Å². The number of hydrogen-bond donors (Lipinski definition) is 0. The first-order chi connectivity index (χ1) is 12.4. The van der Waals surface area contributed by atoms with Gasteiger partial charge in [0.2, 0.25) is 0 Å². The molecule has 0 aromatic heterocycles. The number of sulfonamides is 1. The lowest BCUT2D eigenvalue weighted by atomic mass is 10.2. The minimum absolute atomic E-state index is 0.102. The summed E-state index contributed by atoms with van der Waals surface area (Å²) in [7, 11) is -3.84. The van der Waals surface area contributed by atoms with E-state index in [1.165, 1.54) is 4.31 Å². The Labute approximate surface area is 155 Å². The van der Waals surface area contributed by atoms with Gasteiger partial charge in [-0.1, -0.05) is 42.0 Å². The number of esters is 1. The topological polar surface area (TPSA) is 63.7 Å². The molecule has 0 saturated heterocycles. The minimum atomic E-state index is -3.84. The van der Waals surface area contributed by atoms with Crippen molar-refractivity contribution >= 4 is 21.7 Å². The fraction of sp³-hybridized carbons (Fsp3) is 0.250. The fourth-order valence-electron chi connectivity index (χ4n) is 2.40. The van der Waals surface area contributed by atoms with E-state index in [9.17, 15) is 13.2 Å². The van der Waals surface area contributed by atoms with Crippen molar-refractivity contribution in [2.45, 2.75) is 25.7 Å². The Morgan fingerprint density at radius 1 is 1.08 bits per heavy atom. The van der Waals surface area contributed by atoms with Gasteiger partial charge in [0, 0.05) is 0 Å². The van der Waals surface area contributed by atoms with Crippen LogP contribution >= 0.6 is 0 Å². The molecule has 0 unspecified atom stereocenters. The fourth-order valence-corrected chi connectivity index (χ4v) is 3.84. The van der Waals surface area contributed by atoms with Crippen LogP contribution in [0.4, 0.5) is 5.69 Å². The quantitative estimate of drug-likeness (QED) is 0.548. The van der Waals surface area contributed by atoms with E-state index in [0.29, 0.717) is 5.69 Å². The molecule has 2 aromatic rings. The van der Waals surface area contributed by atoms with Crippen molar-refractivity contribution in [2.24, 2.45) is 0 Å². The Morgan fingerprint density at radius 2 is 1.69 bits per heavy atom. The second-order valence-corrected chi connectivity index (χ2v) is 7.56. The molecule has 0 radical (unpaired) electrons. The third kappa shape index (κ3) is 4.52. The molecule has 6 heteroatoms. The van der Waals surface area contributed by atoms with Gasteiger partial charge in [-0.05, 0) is 45.0 Å². The number of ether oxygens (including phenoxy) is 1. The summed E-state index contributed by atoms with van der Waals surface area (Å²) in [5, 5.41) is 0. The van der Waals surface area contributed by atoms with Gasteiger partial charge >= 0.3 is 5.97 Å². The van der Waals surface area contributed by atoms with Gasteiger partial charge in [-0.25, -0.2) is 13.2 Å². The Balaban J connectivity index is 2.48. The molecule has 0 spiro atoms. The van der Waals surface area contributed by atoms with Crippen LogP contribution in [0.1, 0.15) is 19.4 Å². The first-order valence-electron chi connectivity index (χ1n) is 8.37. The molecule has 0 bridgehead atoms. The van der Waals surface area contributed by atoms with Gasteiger partial charge in [0.05, 0.1) is 29.3 Å². The molecule has 0 amide bonds. The summed E-state index contributed by atoms with van der Waals surface area (Å²) in [4.78, 5) is 12.3. The van der Waals surface area contributed by atoms with Crippen LogP contribution in [0.15, 0.2) is 71.1 Å². The summed E-state index contributed by atoms with van der Waals surface area (Å²) in [6.07, 6.45) is 1.58. The van der Waals surface area contributed by atoms with Crippen molar-refractivity contribution < 1.29 is 17.9 Å². The van der Waals surface area contributed by atoms with Crippen molar-refractivity contribution in [1.29, 1.82) is 0 Å². The summed E-state index contributed by atoms with van der Waals surface area (Å²) in [5.41, 5.74) is 1.74. The lowest BCUT2D eigenvalue weighted by molar-refractivity contribution is -0.138. The molecular formula is C20H23NO4S. The number of para-hydroxylation sites is 1. The van der Waals surface area contributed by atoms with Gasteiger partial charge < -0.3 is 4.74 Å². The summed E-state index contributed by atoms with van der Waals surface area (Å²) in [6.45, 7) is 5.42. The lowest BCUT2D eigenvalue weighted by Gasteiger charge is -2.25. The molecule has 0 heterocycles. The molecule has 2 aromatic carbocycles. The average molecular weight is 373 g/mol. The zero-order valence-electron chi connectivity index (χ0n) is 15.2. The van der Waals surface area contributed by atoms with E-state index in [0.717, 1.165) is 5.56 Å². The average Bonchev–Trinajstić information content (AvgIpc) is 2.63. The first-order valence-corrected chi connectivity index (χ1v) is 9.81. The third-order valence-electron chi connectivity index (χ3n) is 3.85. The van der Waals surface area contributed by atoms with E-state index in [-0.39, 0.29) is 23.6 Å². The molecule has 0 fully saturated rings. The number of carbonyl (C=O) groups excluding carboxylic acids is 1. The number of rotatable bonds is 7. The molecule has 138 valence electrons. The number of carbonyl (C=O) groups is 1. The van der Waals surface area contributed by atoms with Crippen LogP contribution in [0.3, 0.4) is 0 Å². The van der Waals surface area contributed by atoms with Crippen LogP contribution in [-0.4, -0.2) is 27.5 Å². The van der Waals surface area contributed by atoms with Crippen LogP contribution in [0.5, 0.6) is 0 Å². The van der Waals surface area contributed by atoms with Gasteiger partial charge in [-0.3, -0.25) is 4.31 Å². The Morgan fingerprint density at radius 3 is 2.23 bits per heavy atom. The Hall–Kier alpha value is -2.60. The van der Waals surface area contributed by atoms with E-state index >= 15 is 0 Å². The zero-order chi connectivity index (χ0) is 19.2. The molecule has 0 aliphatic heterocycles. The monoisotopic (exact) mass is 373 g/mol. The summed E-state index contributed by atoms with van der Waals surface area (Å²) in [5.74, 6) is -0.518. The normalized spacial score (nSPS) is 11.9. The van der Waals surface area contributed by atoms with Gasteiger partial charge in [-0.15, -0.1) is 0 Å². The van der Waals surface area contributed by atoms with Crippen molar-refractivity contribution in [3.8, 4) is 0 Å². The molecule has 26 heavy (non-hydrogen) atoms. The molecule has 5 nitrogen and oxygen atoms in total. The smallest absolute Gasteiger partial charge is 0.335 e. The highest BCUT2D eigenvalue weighted by atomic mass is 32.2. The molecule has 0 N–H and O–H groups in total. The number of allylic oxidation sites excluding steroid dienone is 1. The van der Waals surface area contributed by atoms with Gasteiger partial charge in [-0.2, -0.15) is 0 Å². The summed E-state index contributed by atoms with van der Waals surface area (Å²) >= 11 is 0. The lowest BCUT2D eigenvalue weighted by Crippen LogP contribution is -2.34. The Bertz CT molecular complexity index is 872. The zero-order valence-corrected chi connectivity index (χ0v) is 16.0. The van der Waals surface area contributed by atoms with E-state index in [1.54, 1.807) is 68.5 Å². The predicted molar refractivity (Wildman–Crippen MR) is 103 cm³/mol. The highest BCUT2D eigenvalue weighted by Crippen LogP contribution is 2.25. The highest BCUT2D eigenvalue weighted by molar-refractivity contribution is 7.92. The van der Waals surface area contributed by atoms with Crippen molar-refractivity contribution in [3.63, 3.8) is 0 Å². The largest absolute Gasteiger partial charge is 0.463 e. The van der Waals surface area contributed by atoms with Gasteiger partial charge in [0.1, 0.15) is 0 Å². The predicted octanol–water partition coefficient (Wildman–Crippen LogP) is 3.70. The number of benzene rings is 2. The Kier molecular flexibility index (Phi) is 6.58. The van der Waals surface area contributed by atoms with Gasteiger partial charge in [0.25, 0.3) is 10.0 Å². The molecule has 0 saturated carbocycles. The standard InChI is InChI=1S/C20H23NO4S/c1-4-17(20(22)25-5-2)15-21(18-9-7-6-8-10-18)26(23,24)19-13-11-16(3)12-14-19/h4,6-14H,5,15H2,1-3H3/b17-4-. The highest BCUT2D eigenvalue weighted by Gasteiger charge is 2.27. The molecule has 0 atom stereocenters. The number of nitrogens with zero attached hydrogens (tertiary/aromatic N) is 1. The maximum atomic E-state index is 13.2. The maximum Gasteiger partial charge on any atom is 0.335 e. The molecule has 2 rings (SSSR count). The van der Waals surface area contributed by atoms with Gasteiger partial charge in [0.15, 0.2) is 0 Å². The second kappa shape index (κ2) is 8.67. The van der Waals surface area contributed by atoms with Crippen LogP contribution in [0.2, 0.25) is 0 Å². The molecule has 0 aliphatic rings. The second-order valence-electron chi connectivity index (χ2n) is 5.69. The van der Waals surface area contributed by atoms with Crippen LogP contribution in [-0.2, 0) is 19.6 Å². The summed E-state index contributed by atoms with van der Waals surface area (Å²) in [6, 6.07) is 15.4. The molecular weight excluding hydrogens is 350 g/mol. The van der Waals surface area contributed by atoms with Crippen LogP contribution < -0.4 is 4.31 Å². The maximum absolute atomic E-state index is 13.2. The number of anilines is 1. The minimum Gasteiger partial charge on any atom is -0.463 e. The van der Waals surface area contributed by atoms with E-state index in [1.807, 2.05) is 13.0 Å². The van der Waals surface area contributed by atoms with Crippen molar-refractivity contribution in [3.05, 3.63) is 71.8 Å². The van der Waals surface area contributed by atoms with Crippen molar-refractivity contribution in [1.82, 2.24) is 0 Å². The van der Waals surface area contributed by atoms with Crippen LogP contribution in [0.25, 0.3) is 0 Å². The third-order valence-corrected chi connectivity index (χ3v) is 5.64. The molecule has 0 aliphatic carbocycles. The number of aryl methyl sites for hydroxylation is 1. The first kappa shape index (κ1) is 19.7. The van der Waals surface area contributed by atoms with E-state index in [4.69, 9.17) is 4.74 Å². The van der Waals surface area contributed by atoms with Crippen molar-refractivity contribution in [2.75, 3.05) is 17.5 Å². The van der Waals surface area contributed by atoms with E-state index < -0.39 is 16.0 Å². The van der Waals surface area contributed by atoms with Crippen LogP contribution in [0, 0.1) is 6.92 Å².